The van der Waals surface area contributed by atoms with E-state index in [0.29, 0.717) is 10.6 Å². The number of halogens is 1. The van der Waals surface area contributed by atoms with Gasteiger partial charge in [-0.3, -0.25) is 4.79 Å². The van der Waals surface area contributed by atoms with E-state index in [1.807, 2.05) is 20.8 Å². The summed E-state index contributed by atoms with van der Waals surface area (Å²) >= 11 is 1.34. The quantitative estimate of drug-likeness (QED) is 0.785. The van der Waals surface area contributed by atoms with E-state index in [0.717, 1.165) is 23.4 Å². The third-order valence-corrected chi connectivity index (χ3v) is 4.29. The fraction of sp³-hybridized carbons (Fsp3) is 0.571. The highest BCUT2D eigenvalue weighted by molar-refractivity contribution is 7.14. The number of rotatable bonds is 6. The van der Waals surface area contributed by atoms with Crippen molar-refractivity contribution < 1.29 is 14.3 Å². The first-order valence-corrected chi connectivity index (χ1v) is 7.46. The van der Waals surface area contributed by atoms with Gasteiger partial charge in [0.05, 0.1) is 18.8 Å². The van der Waals surface area contributed by atoms with Crippen LogP contribution in [0, 0.1) is 13.8 Å². The van der Waals surface area contributed by atoms with Crippen molar-refractivity contribution in [1.82, 2.24) is 5.32 Å². The van der Waals surface area contributed by atoms with Crippen LogP contribution in [-0.4, -0.2) is 31.6 Å². The molecular weight excluding hydrogens is 312 g/mol. The summed E-state index contributed by atoms with van der Waals surface area (Å²) < 4.78 is 4.76. The lowest BCUT2D eigenvalue weighted by atomic mass is 10.2. The van der Waals surface area contributed by atoms with Crippen LogP contribution >= 0.6 is 23.7 Å². The van der Waals surface area contributed by atoms with Gasteiger partial charge in [-0.25, -0.2) is 4.79 Å². The number of anilines is 1. The number of carbonyl (C=O) groups excluding carboxylic acids is 2. The lowest BCUT2D eigenvalue weighted by molar-refractivity contribution is -0.117. The summed E-state index contributed by atoms with van der Waals surface area (Å²) in [4.78, 5) is 25.3. The molecule has 1 atom stereocenters. The van der Waals surface area contributed by atoms with Gasteiger partial charge >= 0.3 is 5.97 Å². The van der Waals surface area contributed by atoms with Crippen LogP contribution in [0.25, 0.3) is 0 Å². The Morgan fingerprint density at radius 1 is 1.33 bits per heavy atom. The number of esters is 1. The highest BCUT2D eigenvalue weighted by atomic mass is 35.5. The molecule has 1 amide bonds. The average molecular weight is 335 g/mol. The van der Waals surface area contributed by atoms with Gasteiger partial charge in [0, 0.05) is 4.88 Å². The first-order chi connectivity index (χ1) is 9.42. The number of carbonyl (C=O) groups is 2. The van der Waals surface area contributed by atoms with E-state index in [2.05, 4.69) is 10.6 Å². The molecular formula is C14H23ClN2O3S. The van der Waals surface area contributed by atoms with Crippen LogP contribution in [0.3, 0.4) is 0 Å². The number of methoxy groups -OCH3 is 1. The standard InChI is InChI=1S/C14H22N2O3S.ClH/c1-6-7-15-9(3)13(17)16-11-8(2)10(4)20-12(11)14(18)19-5;/h9,15H,6-7H2,1-5H3,(H,16,17);1H. The molecule has 1 heterocycles. The Labute approximate surface area is 135 Å². The van der Waals surface area contributed by atoms with Gasteiger partial charge in [0.1, 0.15) is 4.88 Å². The molecule has 2 N–H and O–H groups in total. The molecule has 1 unspecified atom stereocenters. The molecule has 1 rings (SSSR count). The summed E-state index contributed by atoms with van der Waals surface area (Å²) in [5.41, 5.74) is 1.47. The maximum absolute atomic E-state index is 12.1. The fourth-order valence-electron chi connectivity index (χ4n) is 1.70. The van der Waals surface area contributed by atoms with Gasteiger partial charge in [-0.05, 0) is 39.3 Å². The van der Waals surface area contributed by atoms with E-state index in [9.17, 15) is 9.59 Å². The summed E-state index contributed by atoms with van der Waals surface area (Å²) in [7, 11) is 1.34. The second kappa shape index (κ2) is 9.02. The Hall–Kier alpha value is -1.11. The zero-order valence-electron chi connectivity index (χ0n) is 13.0. The molecule has 0 fully saturated rings. The smallest absolute Gasteiger partial charge is 0.350 e. The van der Waals surface area contributed by atoms with Crippen LogP contribution < -0.4 is 10.6 Å². The molecule has 21 heavy (non-hydrogen) atoms. The van der Waals surface area contributed by atoms with Gasteiger partial charge in [0.25, 0.3) is 0 Å². The van der Waals surface area contributed by atoms with Crippen LogP contribution in [-0.2, 0) is 9.53 Å². The highest BCUT2D eigenvalue weighted by Crippen LogP contribution is 2.32. The van der Waals surface area contributed by atoms with Crippen molar-refractivity contribution in [2.24, 2.45) is 0 Å². The Balaban J connectivity index is 0.00000400. The van der Waals surface area contributed by atoms with Gasteiger partial charge < -0.3 is 15.4 Å². The second-order valence-corrected chi connectivity index (χ2v) is 5.87. The predicted octanol–water partition coefficient (Wildman–Crippen LogP) is 2.90. The van der Waals surface area contributed by atoms with Crippen molar-refractivity contribution in [3.8, 4) is 0 Å². The maximum atomic E-state index is 12.1. The maximum Gasteiger partial charge on any atom is 0.350 e. The topological polar surface area (TPSA) is 67.4 Å². The summed E-state index contributed by atoms with van der Waals surface area (Å²) in [6.45, 7) is 8.43. The Morgan fingerprint density at radius 2 is 1.95 bits per heavy atom. The molecule has 120 valence electrons. The van der Waals surface area contributed by atoms with Crippen molar-refractivity contribution in [1.29, 1.82) is 0 Å². The number of aryl methyl sites for hydroxylation is 1. The van der Waals surface area contributed by atoms with Crippen molar-refractivity contribution in [2.45, 2.75) is 40.2 Å². The minimum atomic E-state index is -0.421. The van der Waals surface area contributed by atoms with Crippen molar-refractivity contribution in [3.05, 3.63) is 15.3 Å². The third kappa shape index (κ3) is 4.98. The highest BCUT2D eigenvalue weighted by Gasteiger charge is 2.22. The molecule has 0 saturated carbocycles. The van der Waals surface area contributed by atoms with E-state index < -0.39 is 5.97 Å². The molecule has 0 radical (unpaired) electrons. The zero-order chi connectivity index (χ0) is 15.3. The van der Waals surface area contributed by atoms with Crippen LogP contribution in [0.15, 0.2) is 0 Å². The van der Waals surface area contributed by atoms with Crippen LogP contribution in [0.5, 0.6) is 0 Å². The second-order valence-electron chi connectivity index (χ2n) is 4.64. The van der Waals surface area contributed by atoms with E-state index in [-0.39, 0.29) is 24.4 Å². The summed E-state index contributed by atoms with van der Waals surface area (Å²) in [5.74, 6) is -0.569. The number of hydrogen-bond donors (Lipinski definition) is 2. The van der Waals surface area contributed by atoms with E-state index in [1.165, 1.54) is 18.4 Å². The van der Waals surface area contributed by atoms with E-state index in [4.69, 9.17) is 4.74 Å². The van der Waals surface area contributed by atoms with Gasteiger partial charge in [-0.2, -0.15) is 0 Å². The number of hydrogen-bond acceptors (Lipinski definition) is 5. The Morgan fingerprint density at radius 3 is 2.48 bits per heavy atom. The molecule has 0 aliphatic carbocycles. The molecule has 0 saturated heterocycles. The van der Waals surface area contributed by atoms with Crippen LogP contribution in [0.4, 0.5) is 5.69 Å². The molecule has 0 bridgehead atoms. The number of thiophene rings is 1. The van der Waals surface area contributed by atoms with Crippen molar-refractivity contribution >= 4 is 41.3 Å². The van der Waals surface area contributed by atoms with E-state index in [1.54, 1.807) is 6.92 Å². The van der Waals surface area contributed by atoms with Crippen LogP contribution in [0.2, 0.25) is 0 Å². The fourth-order valence-corrected chi connectivity index (χ4v) is 2.73. The molecule has 1 aromatic rings. The first-order valence-electron chi connectivity index (χ1n) is 6.64. The summed E-state index contributed by atoms with van der Waals surface area (Å²) in [6.07, 6.45) is 0.960. The minimum absolute atomic E-state index is 0. The summed E-state index contributed by atoms with van der Waals surface area (Å²) in [6, 6.07) is -0.306. The summed E-state index contributed by atoms with van der Waals surface area (Å²) in [5, 5.41) is 5.95. The van der Waals surface area contributed by atoms with Gasteiger partial charge in [0.2, 0.25) is 5.91 Å². The normalized spacial score (nSPS) is 11.5. The predicted molar refractivity (Wildman–Crippen MR) is 88.8 cm³/mol. The van der Waals surface area contributed by atoms with Crippen molar-refractivity contribution in [3.63, 3.8) is 0 Å². The minimum Gasteiger partial charge on any atom is -0.465 e. The third-order valence-electron chi connectivity index (χ3n) is 3.10. The first kappa shape index (κ1) is 19.9. The molecule has 0 aliphatic heterocycles. The number of ether oxygens (including phenoxy) is 1. The molecule has 7 heteroatoms. The van der Waals surface area contributed by atoms with E-state index >= 15 is 0 Å². The molecule has 0 spiro atoms. The lowest BCUT2D eigenvalue weighted by Gasteiger charge is -2.14. The van der Waals surface area contributed by atoms with Crippen LogP contribution in [0.1, 0.15) is 40.4 Å². The molecule has 0 aromatic carbocycles. The SMILES string of the molecule is CCCNC(C)C(=O)Nc1c(C(=O)OC)sc(C)c1C.Cl. The monoisotopic (exact) mass is 334 g/mol. The van der Waals surface area contributed by atoms with Gasteiger partial charge in [-0.15, -0.1) is 23.7 Å². The van der Waals surface area contributed by atoms with Gasteiger partial charge in [-0.1, -0.05) is 6.92 Å². The molecule has 0 aliphatic rings. The average Bonchev–Trinajstić information content (AvgIpc) is 2.72. The molecule has 1 aromatic heterocycles. The number of nitrogens with one attached hydrogen (secondary N) is 2. The van der Waals surface area contributed by atoms with Gasteiger partial charge in [0.15, 0.2) is 0 Å². The number of amides is 1. The Bertz CT molecular complexity index is 503. The largest absolute Gasteiger partial charge is 0.465 e. The molecule has 5 nitrogen and oxygen atoms in total. The van der Waals surface area contributed by atoms with Crippen molar-refractivity contribution in [2.75, 3.05) is 19.0 Å². The zero-order valence-corrected chi connectivity index (χ0v) is 14.7. The lowest BCUT2D eigenvalue weighted by Crippen LogP contribution is -2.38. The Kier molecular flexibility index (Phi) is 8.54.